The number of pyridine rings is 1. The molecule has 3 aromatic rings. The normalized spacial score (nSPS) is 15.2. The molecule has 1 aliphatic heterocycles. The van der Waals surface area contributed by atoms with Gasteiger partial charge < -0.3 is 30.7 Å². The monoisotopic (exact) mass is 553 g/mol. The van der Waals surface area contributed by atoms with Gasteiger partial charge in [0.05, 0.1) is 18.5 Å². The Labute approximate surface area is 233 Å². The Morgan fingerprint density at radius 2 is 1.88 bits per heavy atom. The Bertz CT molecular complexity index is 1340. The van der Waals surface area contributed by atoms with Gasteiger partial charge in [-0.1, -0.05) is 33.3 Å². The Morgan fingerprint density at radius 3 is 2.52 bits per heavy atom. The molecular weight excluding hydrogens is 514 g/mol. The summed E-state index contributed by atoms with van der Waals surface area (Å²) in [5.41, 5.74) is 14.7. The molecular formula is C27H39N9O4. The van der Waals surface area contributed by atoms with E-state index in [0.717, 1.165) is 35.5 Å². The van der Waals surface area contributed by atoms with E-state index in [1.807, 2.05) is 27.0 Å². The highest BCUT2D eigenvalue weighted by Crippen LogP contribution is 2.23. The fourth-order valence-electron chi connectivity index (χ4n) is 4.75. The van der Waals surface area contributed by atoms with Crippen LogP contribution in [-0.2, 0) is 16.0 Å². The van der Waals surface area contributed by atoms with Crippen LogP contribution in [0.3, 0.4) is 0 Å². The van der Waals surface area contributed by atoms with Gasteiger partial charge in [-0.25, -0.2) is 19.3 Å². The van der Waals surface area contributed by atoms with Crippen molar-refractivity contribution in [3.8, 4) is 6.01 Å². The number of fused-ring (bicyclic) bond motifs is 1. The number of piperazine rings is 1. The van der Waals surface area contributed by atoms with Gasteiger partial charge in [0.25, 0.3) is 5.91 Å². The molecule has 0 aliphatic carbocycles. The van der Waals surface area contributed by atoms with Crippen LogP contribution in [0.15, 0.2) is 18.5 Å². The minimum atomic E-state index is -0.933. The Balaban J connectivity index is 1.42. The van der Waals surface area contributed by atoms with Gasteiger partial charge in [0.15, 0.2) is 17.6 Å². The lowest BCUT2D eigenvalue weighted by Crippen LogP contribution is -2.53. The number of amides is 2. The molecule has 4 rings (SSSR count). The summed E-state index contributed by atoms with van der Waals surface area (Å²) in [6.45, 7) is 10.7. The molecule has 216 valence electrons. The third-order valence-electron chi connectivity index (χ3n) is 7.20. The van der Waals surface area contributed by atoms with Gasteiger partial charge in [-0.2, -0.15) is 4.98 Å². The van der Waals surface area contributed by atoms with Gasteiger partial charge >= 0.3 is 12.1 Å². The highest BCUT2D eigenvalue weighted by atomic mass is 16.6. The number of anilines is 2. The van der Waals surface area contributed by atoms with E-state index in [1.165, 1.54) is 0 Å². The number of aryl methyl sites for hydroxylation is 1. The summed E-state index contributed by atoms with van der Waals surface area (Å²) in [7, 11) is 0. The summed E-state index contributed by atoms with van der Waals surface area (Å²) in [4.78, 5) is 41.7. The first-order chi connectivity index (χ1) is 19.2. The fourth-order valence-corrected chi connectivity index (χ4v) is 4.75. The van der Waals surface area contributed by atoms with Crippen molar-refractivity contribution in [1.82, 2.24) is 29.5 Å². The van der Waals surface area contributed by atoms with E-state index in [1.54, 1.807) is 15.6 Å². The second-order valence-electron chi connectivity index (χ2n) is 10.2. The zero-order valence-corrected chi connectivity index (χ0v) is 23.7. The second kappa shape index (κ2) is 12.8. The maximum Gasteiger partial charge on any atom is 0.405 e. The first kappa shape index (κ1) is 28.8. The SMILES string of the molecule is CCCCOc1nc(N)c2ncc(Cc3cnc(N4CCN(C(=O)[C@@H](OC(N)=O)[C@@H](C)CC)CC4)c(C)c3)n2n1. The Kier molecular flexibility index (Phi) is 9.22. The number of nitrogens with two attached hydrogens (primary N) is 2. The van der Waals surface area contributed by atoms with Crippen LogP contribution in [0.2, 0.25) is 0 Å². The van der Waals surface area contributed by atoms with Gasteiger partial charge in [0.2, 0.25) is 0 Å². The molecule has 1 fully saturated rings. The van der Waals surface area contributed by atoms with E-state index < -0.39 is 12.2 Å². The standard InChI is InChI=1S/C27H39N9O4/c1-5-7-12-39-27-32-22(28)24-31-16-20(36(24)33-27)14-19-13-18(4)23(30-15-19)34-8-10-35(11-9-34)25(37)21(17(3)6-2)40-26(29)38/h13,15-17,21H,5-12,14H2,1-4H3,(H2,29,38)(H2,28,32,33)/t17-,21-/m0/s1. The number of nitrogen functional groups attached to an aromatic ring is 1. The minimum absolute atomic E-state index is 0.120. The van der Waals surface area contributed by atoms with E-state index in [0.29, 0.717) is 51.3 Å². The van der Waals surface area contributed by atoms with Crippen LogP contribution in [0.25, 0.3) is 5.65 Å². The number of imidazole rings is 1. The molecule has 3 aromatic heterocycles. The number of carbonyl (C=O) groups excluding carboxylic acids is 2. The molecule has 0 radical (unpaired) electrons. The molecule has 0 saturated carbocycles. The minimum Gasteiger partial charge on any atom is -0.462 e. The summed E-state index contributed by atoms with van der Waals surface area (Å²) in [5, 5.41) is 4.49. The van der Waals surface area contributed by atoms with Crippen molar-refractivity contribution in [3.05, 3.63) is 35.3 Å². The molecule has 2 amide bonds. The van der Waals surface area contributed by atoms with Gasteiger partial charge in [-0.3, -0.25) is 4.79 Å². The number of hydrogen-bond acceptors (Lipinski definition) is 10. The van der Waals surface area contributed by atoms with Crippen LogP contribution in [0.1, 0.15) is 56.9 Å². The van der Waals surface area contributed by atoms with E-state index in [-0.39, 0.29) is 23.7 Å². The number of rotatable bonds is 11. The van der Waals surface area contributed by atoms with E-state index in [9.17, 15) is 9.59 Å². The molecule has 4 N–H and O–H groups in total. The maximum absolute atomic E-state index is 13.1. The van der Waals surface area contributed by atoms with Crippen LogP contribution in [0, 0.1) is 12.8 Å². The Hall–Kier alpha value is -4.16. The van der Waals surface area contributed by atoms with Gasteiger partial charge in [0.1, 0.15) is 5.82 Å². The largest absolute Gasteiger partial charge is 0.462 e. The second-order valence-corrected chi connectivity index (χ2v) is 10.2. The number of nitrogens with zero attached hydrogens (tertiary/aromatic N) is 7. The first-order valence-corrected chi connectivity index (χ1v) is 13.8. The molecule has 40 heavy (non-hydrogen) atoms. The smallest absolute Gasteiger partial charge is 0.405 e. The van der Waals surface area contributed by atoms with Crippen LogP contribution in [0.5, 0.6) is 6.01 Å². The van der Waals surface area contributed by atoms with Crippen molar-refractivity contribution in [3.63, 3.8) is 0 Å². The van der Waals surface area contributed by atoms with Crippen molar-refractivity contribution in [2.75, 3.05) is 43.4 Å². The molecule has 1 saturated heterocycles. The average Bonchev–Trinajstić information content (AvgIpc) is 3.34. The highest BCUT2D eigenvalue weighted by molar-refractivity contribution is 5.84. The number of unbranched alkanes of at least 4 members (excludes halogenated alkanes) is 1. The van der Waals surface area contributed by atoms with E-state index in [4.69, 9.17) is 25.9 Å². The zero-order valence-electron chi connectivity index (χ0n) is 23.7. The van der Waals surface area contributed by atoms with Crippen molar-refractivity contribution in [1.29, 1.82) is 0 Å². The zero-order chi connectivity index (χ0) is 28.8. The number of hydrogen-bond donors (Lipinski definition) is 2. The van der Waals surface area contributed by atoms with Gasteiger partial charge in [-0.05, 0) is 30.9 Å². The van der Waals surface area contributed by atoms with E-state index in [2.05, 4.69) is 33.0 Å². The maximum atomic E-state index is 13.1. The number of aromatic nitrogens is 5. The summed E-state index contributed by atoms with van der Waals surface area (Å²) >= 11 is 0. The molecule has 4 heterocycles. The molecule has 13 heteroatoms. The number of primary amides is 1. The molecule has 13 nitrogen and oxygen atoms in total. The van der Waals surface area contributed by atoms with Crippen LogP contribution in [0.4, 0.5) is 16.4 Å². The first-order valence-electron chi connectivity index (χ1n) is 13.8. The lowest BCUT2D eigenvalue weighted by molar-refractivity contribution is -0.143. The van der Waals surface area contributed by atoms with Crippen LogP contribution in [-0.4, -0.2) is 80.4 Å². The highest BCUT2D eigenvalue weighted by Gasteiger charge is 2.33. The van der Waals surface area contributed by atoms with E-state index >= 15 is 0 Å². The van der Waals surface area contributed by atoms with Crippen molar-refractivity contribution in [2.45, 2.75) is 59.5 Å². The number of carbonyl (C=O) groups is 2. The summed E-state index contributed by atoms with van der Waals surface area (Å²) in [6.07, 6.45) is 4.96. The molecule has 2 atom stereocenters. The van der Waals surface area contributed by atoms with Crippen molar-refractivity contribution < 1.29 is 19.1 Å². The van der Waals surface area contributed by atoms with Crippen molar-refractivity contribution >= 4 is 29.3 Å². The third-order valence-corrected chi connectivity index (χ3v) is 7.20. The van der Waals surface area contributed by atoms with Gasteiger partial charge in [0, 0.05) is 44.7 Å². The molecule has 0 unspecified atom stereocenters. The van der Waals surface area contributed by atoms with Gasteiger partial charge in [-0.15, -0.1) is 5.10 Å². The predicted molar refractivity (Wildman–Crippen MR) is 150 cm³/mol. The summed E-state index contributed by atoms with van der Waals surface area (Å²) in [5.74, 6) is 0.820. The molecule has 0 aromatic carbocycles. The predicted octanol–water partition coefficient (Wildman–Crippen LogP) is 2.34. The quantitative estimate of drug-likeness (QED) is 0.336. The molecule has 0 spiro atoms. The van der Waals surface area contributed by atoms with Crippen LogP contribution >= 0.6 is 0 Å². The third kappa shape index (κ3) is 6.52. The average molecular weight is 554 g/mol. The number of ether oxygens (including phenoxy) is 2. The summed E-state index contributed by atoms with van der Waals surface area (Å²) in [6, 6.07) is 2.33. The Morgan fingerprint density at radius 1 is 1.12 bits per heavy atom. The summed E-state index contributed by atoms with van der Waals surface area (Å²) < 4.78 is 12.5. The van der Waals surface area contributed by atoms with Crippen LogP contribution < -0.4 is 21.1 Å². The lowest BCUT2D eigenvalue weighted by Gasteiger charge is -2.38. The lowest BCUT2D eigenvalue weighted by atomic mass is 10.00. The topological polar surface area (TPSA) is 167 Å². The molecule has 1 aliphatic rings. The molecule has 0 bridgehead atoms. The van der Waals surface area contributed by atoms with Crippen molar-refractivity contribution in [2.24, 2.45) is 11.7 Å². The fraction of sp³-hybridized carbons (Fsp3) is 0.556.